The minimum Gasteiger partial charge on any atom is -0.325 e. The lowest BCUT2D eigenvalue weighted by Crippen LogP contribution is -2.45. The number of piperazine rings is 1. The van der Waals surface area contributed by atoms with Gasteiger partial charge in [0.15, 0.2) is 0 Å². The van der Waals surface area contributed by atoms with E-state index in [9.17, 15) is 0 Å². The summed E-state index contributed by atoms with van der Waals surface area (Å²) in [4.78, 5) is 22.7. The van der Waals surface area contributed by atoms with Gasteiger partial charge in [-0.2, -0.15) is 0 Å². The highest BCUT2D eigenvalue weighted by Crippen LogP contribution is 2.22. The van der Waals surface area contributed by atoms with Gasteiger partial charge in [0.05, 0.1) is 0 Å². The first-order valence-corrected chi connectivity index (χ1v) is 11.6. The van der Waals surface area contributed by atoms with Crippen LogP contribution in [0.3, 0.4) is 0 Å². The number of hydrogen-bond acceptors (Lipinski definition) is 8. The van der Waals surface area contributed by atoms with Crippen molar-refractivity contribution in [2.75, 3.05) is 31.5 Å². The van der Waals surface area contributed by atoms with Gasteiger partial charge in [-0.15, -0.1) is 11.3 Å². The van der Waals surface area contributed by atoms with Crippen LogP contribution >= 0.6 is 11.3 Å². The van der Waals surface area contributed by atoms with Gasteiger partial charge in [0.1, 0.15) is 22.3 Å². The summed E-state index contributed by atoms with van der Waals surface area (Å²) in [6, 6.07) is 14.2. The summed E-state index contributed by atoms with van der Waals surface area (Å²) in [5.74, 6) is 1.56. The summed E-state index contributed by atoms with van der Waals surface area (Å²) in [5, 5.41) is 6.17. The second-order valence-corrected chi connectivity index (χ2v) is 8.72. The Balaban J connectivity index is 1.13. The fourth-order valence-electron chi connectivity index (χ4n) is 3.81. The van der Waals surface area contributed by atoms with Gasteiger partial charge in [-0.25, -0.2) is 15.0 Å². The van der Waals surface area contributed by atoms with Gasteiger partial charge in [-0.3, -0.25) is 14.8 Å². The van der Waals surface area contributed by atoms with Gasteiger partial charge in [-0.1, -0.05) is 12.1 Å². The van der Waals surface area contributed by atoms with Gasteiger partial charge < -0.3 is 5.32 Å². The van der Waals surface area contributed by atoms with Gasteiger partial charge in [0.2, 0.25) is 0 Å². The van der Waals surface area contributed by atoms with Crippen molar-refractivity contribution in [3.63, 3.8) is 0 Å². The fourth-order valence-corrected chi connectivity index (χ4v) is 4.41. The molecular formula is C24H25N7S. The monoisotopic (exact) mass is 443 g/mol. The van der Waals surface area contributed by atoms with E-state index in [1.807, 2.05) is 48.2 Å². The first-order valence-electron chi connectivity index (χ1n) is 10.7. The normalized spacial score (nSPS) is 15.0. The Morgan fingerprint density at radius 3 is 2.25 bits per heavy atom. The van der Waals surface area contributed by atoms with E-state index in [1.165, 1.54) is 11.1 Å². The number of nitrogens with zero attached hydrogens (tertiary/aromatic N) is 6. The van der Waals surface area contributed by atoms with Crippen LogP contribution in [0.5, 0.6) is 0 Å². The number of pyridine rings is 3. The van der Waals surface area contributed by atoms with Crippen LogP contribution in [0.1, 0.15) is 11.1 Å². The first kappa shape index (κ1) is 20.7. The maximum atomic E-state index is 4.64. The Morgan fingerprint density at radius 2 is 1.56 bits per heavy atom. The highest BCUT2D eigenvalue weighted by atomic mass is 32.1. The molecule has 0 saturated carbocycles. The third-order valence-corrected chi connectivity index (χ3v) is 6.30. The number of nitrogens with one attached hydrogen (secondary N) is 1. The van der Waals surface area contributed by atoms with Crippen LogP contribution in [-0.4, -0.2) is 55.9 Å². The van der Waals surface area contributed by atoms with E-state index in [-0.39, 0.29) is 0 Å². The second-order valence-electron chi connectivity index (χ2n) is 7.83. The van der Waals surface area contributed by atoms with Crippen molar-refractivity contribution in [3.8, 4) is 10.7 Å². The predicted molar refractivity (Wildman–Crippen MR) is 128 cm³/mol. The molecule has 1 aliphatic rings. The van der Waals surface area contributed by atoms with Crippen molar-refractivity contribution in [2.45, 2.75) is 13.1 Å². The van der Waals surface area contributed by atoms with E-state index in [4.69, 9.17) is 0 Å². The molecule has 0 aromatic carbocycles. The van der Waals surface area contributed by atoms with Crippen LogP contribution in [0.4, 0.5) is 11.6 Å². The number of hydrogen-bond donors (Lipinski definition) is 1. The van der Waals surface area contributed by atoms with E-state index < -0.39 is 0 Å². The van der Waals surface area contributed by atoms with Crippen molar-refractivity contribution in [3.05, 3.63) is 83.8 Å². The molecule has 0 aliphatic carbocycles. The molecule has 1 aliphatic heterocycles. The fraction of sp³-hybridized carbons (Fsp3) is 0.250. The van der Waals surface area contributed by atoms with Gasteiger partial charge in [0, 0.05) is 69.4 Å². The van der Waals surface area contributed by atoms with Gasteiger partial charge in [-0.05, 0) is 41.5 Å². The molecule has 0 spiro atoms. The summed E-state index contributed by atoms with van der Waals surface area (Å²) in [5.41, 5.74) is 3.42. The largest absolute Gasteiger partial charge is 0.325 e. The topological polar surface area (TPSA) is 70.1 Å². The van der Waals surface area contributed by atoms with Gasteiger partial charge in [0.25, 0.3) is 0 Å². The summed E-state index contributed by atoms with van der Waals surface area (Å²) in [6.07, 6.45) is 7.48. The Kier molecular flexibility index (Phi) is 6.43. The Hall–Kier alpha value is -3.20. The zero-order valence-electron chi connectivity index (χ0n) is 17.8. The molecule has 32 heavy (non-hydrogen) atoms. The lowest BCUT2D eigenvalue weighted by Gasteiger charge is -2.34. The molecule has 0 bridgehead atoms. The quantitative estimate of drug-likeness (QED) is 0.462. The van der Waals surface area contributed by atoms with E-state index in [0.29, 0.717) is 0 Å². The Morgan fingerprint density at radius 1 is 0.781 bits per heavy atom. The second kappa shape index (κ2) is 9.95. The molecule has 0 amide bonds. The zero-order chi connectivity index (χ0) is 21.6. The van der Waals surface area contributed by atoms with E-state index in [0.717, 1.165) is 61.6 Å². The highest BCUT2D eigenvalue weighted by Gasteiger charge is 2.17. The minimum absolute atomic E-state index is 0.767. The average Bonchev–Trinajstić information content (AvgIpc) is 3.38. The van der Waals surface area contributed by atoms with Crippen molar-refractivity contribution in [2.24, 2.45) is 0 Å². The molecular weight excluding hydrogens is 418 g/mol. The third-order valence-electron chi connectivity index (χ3n) is 5.51. The average molecular weight is 444 g/mol. The molecule has 0 unspecified atom stereocenters. The molecule has 1 fully saturated rings. The maximum Gasteiger partial charge on any atom is 0.141 e. The number of thiazole rings is 1. The summed E-state index contributed by atoms with van der Waals surface area (Å²) in [6.45, 7) is 6.22. The van der Waals surface area contributed by atoms with E-state index in [1.54, 1.807) is 17.5 Å². The summed E-state index contributed by atoms with van der Waals surface area (Å²) >= 11 is 1.58. The number of anilines is 2. The first-order chi connectivity index (χ1) is 15.8. The summed E-state index contributed by atoms with van der Waals surface area (Å²) < 4.78 is 0. The maximum absolute atomic E-state index is 4.64. The molecule has 8 heteroatoms. The predicted octanol–water partition coefficient (Wildman–Crippen LogP) is 4.06. The minimum atomic E-state index is 0.767. The van der Waals surface area contributed by atoms with Crippen molar-refractivity contribution < 1.29 is 0 Å². The van der Waals surface area contributed by atoms with Crippen molar-refractivity contribution >= 4 is 23.0 Å². The summed E-state index contributed by atoms with van der Waals surface area (Å²) in [7, 11) is 0. The molecule has 7 nitrogen and oxygen atoms in total. The van der Waals surface area contributed by atoms with Crippen LogP contribution in [0.25, 0.3) is 10.7 Å². The van der Waals surface area contributed by atoms with E-state index in [2.05, 4.69) is 53.3 Å². The Labute approximate surface area is 191 Å². The van der Waals surface area contributed by atoms with E-state index >= 15 is 0 Å². The molecule has 162 valence electrons. The van der Waals surface area contributed by atoms with Crippen LogP contribution in [0.2, 0.25) is 0 Å². The molecule has 1 saturated heterocycles. The lowest BCUT2D eigenvalue weighted by atomic mass is 10.2. The smallest absolute Gasteiger partial charge is 0.141 e. The molecule has 0 radical (unpaired) electrons. The molecule has 4 aromatic heterocycles. The number of aromatic nitrogens is 4. The van der Waals surface area contributed by atoms with Crippen LogP contribution in [0.15, 0.2) is 72.6 Å². The SMILES string of the molecule is c1cc(Nc2ccc(CN3CCN(Cc4ccncc4)CC3)cn2)nc(-c2nccs2)c1. The molecule has 5 rings (SSSR count). The van der Waals surface area contributed by atoms with Gasteiger partial charge >= 0.3 is 0 Å². The molecule has 1 N–H and O–H groups in total. The van der Waals surface area contributed by atoms with Crippen LogP contribution < -0.4 is 5.32 Å². The molecule has 5 heterocycles. The molecule has 4 aromatic rings. The number of rotatable bonds is 7. The standard InChI is InChI=1S/C24H25N7S/c1-2-21(24-26-10-15-32-24)28-23(3-1)29-22-5-4-20(16-27-22)18-31-13-11-30(12-14-31)17-19-6-8-25-9-7-19/h1-10,15-16H,11-14,17-18H2,(H,27,28,29). The Bertz CT molecular complexity index is 1110. The van der Waals surface area contributed by atoms with Crippen LogP contribution in [-0.2, 0) is 13.1 Å². The van der Waals surface area contributed by atoms with Crippen LogP contribution in [0, 0.1) is 0 Å². The lowest BCUT2D eigenvalue weighted by molar-refractivity contribution is 0.122. The zero-order valence-corrected chi connectivity index (χ0v) is 18.6. The highest BCUT2D eigenvalue weighted by molar-refractivity contribution is 7.13. The third kappa shape index (κ3) is 5.34. The molecule has 0 atom stereocenters. The van der Waals surface area contributed by atoms with Crippen molar-refractivity contribution in [1.82, 2.24) is 29.7 Å². The van der Waals surface area contributed by atoms with Crippen molar-refractivity contribution in [1.29, 1.82) is 0 Å².